The van der Waals surface area contributed by atoms with Crippen molar-refractivity contribution in [3.8, 4) is 0 Å². The van der Waals surface area contributed by atoms with Crippen LogP contribution in [0.3, 0.4) is 0 Å². The highest BCUT2D eigenvalue weighted by Crippen LogP contribution is 2.12. The summed E-state index contributed by atoms with van der Waals surface area (Å²) in [6.45, 7) is 6.26. The number of allylic oxidation sites excluding steroid dienone is 22. The number of carbonyl (C=O) groups excluding carboxylic acids is 3. The second-order valence-electron chi connectivity index (χ2n) is 16.7. The smallest absolute Gasteiger partial charge is 0.306 e. The van der Waals surface area contributed by atoms with E-state index in [1.54, 1.807) is 0 Å². The minimum Gasteiger partial charge on any atom is -0.462 e. The highest BCUT2D eigenvalue weighted by atomic mass is 16.6. The molecular weight excluding hydrogens is 817 g/mol. The van der Waals surface area contributed by atoms with Crippen LogP contribution >= 0.6 is 0 Å². The maximum Gasteiger partial charge on any atom is 0.306 e. The molecule has 66 heavy (non-hydrogen) atoms. The van der Waals surface area contributed by atoms with Crippen molar-refractivity contribution >= 4 is 17.9 Å². The summed E-state index contributed by atoms with van der Waals surface area (Å²) >= 11 is 0. The molecule has 0 aliphatic rings. The number of carbonyl (C=O) groups is 3. The normalized spacial score (nSPS) is 13.2. The van der Waals surface area contributed by atoms with Gasteiger partial charge in [0.2, 0.25) is 0 Å². The van der Waals surface area contributed by atoms with E-state index in [1.807, 2.05) is 0 Å². The van der Waals surface area contributed by atoms with Crippen molar-refractivity contribution in [2.75, 3.05) is 13.2 Å². The van der Waals surface area contributed by atoms with E-state index in [4.69, 9.17) is 14.2 Å². The van der Waals surface area contributed by atoms with Gasteiger partial charge in [0.25, 0.3) is 0 Å². The summed E-state index contributed by atoms with van der Waals surface area (Å²) in [5.41, 5.74) is 0. The van der Waals surface area contributed by atoms with Gasteiger partial charge in [-0.1, -0.05) is 193 Å². The van der Waals surface area contributed by atoms with Crippen molar-refractivity contribution in [2.45, 2.75) is 213 Å². The van der Waals surface area contributed by atoms with Crippen molar-refractivity contribution in [3.05, 3.63) is 134 Å². The minimum absolute atomic E-state index is 0.110. The predicted molar refractivity (Wildman–Crippen MR) is 283 cm³/mol. The Bertz CT molecular complexity index is 1460. The Morgan fingerprint density at radius 1 is 0.318 bits per heavy atom. The summed E-state index contributed by atoms with van der Waals surface area (Å²) in [4.78, 5) is 37.9. The third-order valence-electron chi connectivity index (χ3n) is 10.4. The Balaban J connectivity index is 4.42. The number of hydrogen-bond acceptors (Lipinski definition) is 6. The average molecular weight is 911 g/mol. The van der Waals surface area contributed by atoms with Gasteiger partial charge in [-0.05, 0) is 128 Å². The minimum atomic E-state index is -0.814. The predicted octanol–water partition coefficient (Wildman–Crippen LogP) is 17.5. The first kappa shape index (κ1) is 61.5. The molecule has 1 atom stereocenters. The lowest BCUT2D eigenvalue weighted by atomic mass is 10.1. The van der Waals surface area contributed by atoms with Gasteiger partial charge in [-0.25, -0.2) is 0 Å². The molecule has 0 heterocycles. The quantitative estimate of drug-likeness (QED) is 0.0262. The highest BCUT2D eigenvalue weighted by molar-refractivity contribution is 5.71. The number of unbranched alkanes of at least 4 members (excludes halogenated alkanes) is 12. The van der Waals surface area contributed by atoms with Crippen molar-refractivity contribution in [2.24, 2.45) is 0 Å². The average Bonchev–Trinajstić information content (AvgIpc) is 3.31. The summed E-state index contributed by atoms with van der Waals surface area (Å²) in [7, 11) is 0. The summed E-state index contributed by atoms with van der Waals surface area (Å²) < 4.78 is 16.7. The second-order valence-corrected chi connectivity index (χ2v) is 16.7. The Kier molecular flexibility index (Phi) is 49.6. The van der Waals surface area contributed by atoms with Crippen molar-refractivity contribution in [3.63, 3.8) is 0 Å². The lowest BCUT2D eigenvalue weighted by Crippen LogP contribution is -2.30. The van der Waals surface area contributed by atoms with Gasteiger partial charge in [-0.3, -0.25) is 14.4 Å². The summed E-state index contributed by atoms with van der Waals surface area (Å²) in [5, 5.41) is 0. The van der Waals surface area contributed by atoms with Gasteiger partial charge in [-0.15, -0.1) is 0 Å². The topological polar surface area (TPSA) is 78.9 Å². The molecule has 0 saturated heterocycles. The molecule has 0 N–H and O–H groups in total. The standard InChI is InChI=1S/C60H94O6/c1-4-7-10-13-16-19-22-24-25-26-27-28-29-30-31-32-33-34-35-37-38-41-44-47-50-53-59(62)65-56-57(55-64-58(61)52-49-46-43-40-21-18-15-12-9-6-3)66-60(63)54-51-48-45-42-39-36-23-20-17-14-11-8-5-2/h7-8,10-12,15-17,19-20,24-25,27-28,30-31,33-34,36-39,57H,4-6,9,13-14,18,21-23,26,29,32,35,40-56H2,1-3H3/b10-7-,11-8-,15-12-,19-16-,20-17-,25-24-,28-27-,31-30-,34-33-,38-37-,39-36-. The van der Waals surface area contributed by atoms with Crippen molar-refractivity contribution in [1.82, 2.24) is 0 Å². The van der Waals surface area contributed by atoms with Crippen LogP contribution in [0.25, 0.3) is 0 Å². The number of ether oxygens (including phenoxy) is 3. The lowest BCUT2D eigenvalue weighted by Gasteiger charge is -2.18. The van der Waals surface area contributed by atoms with Crippen LogP contribution in [0.15, 0.2) is 134 Å². The first-order valence-electron chi connectivity index (χ1n) is 26.2. The van der Waals surface area contributed by atoms with Crippen molar-refractivity contribution < 1.29 is 28.6 Å². The van der Waals surface area contributed by atoms with E-state index in [2.05, 4.69) is 154 Å². The molecule has 6 nitrogen and oxygen atoms in total. The zero-order valence-corrected chi connectivity index (χ0v) is 42.1. The first-order chi connectivity index (χ1) is 32.5. The van der Waals surface area contributed by atoms with Crippen LogP contribution in [0.5, 0.6) is 0 Å². The fraction of sp³-hybridized carbons (Fsp3) is 0.583. The fourth-order valence-corrected chi connectivity index (χ4v) is 6.50. The third kappa shape index (κ3) is 50.5. The van der Waals surface area contributed by atoms with Crippen LogP contribution in [-0.2, 0) is 28.6 Å². The molecule has 0 aliphatic heterocycles. The van der Waals surface area contributed by atoms with Gasteiger partial charge >= 0.3 is 17.9 Å². The number of hydrogen-bond donors (Lipinski definition) is 0. The van der Waals surface area contributed by atoms with E-state index in [1.165, 1.54) is 12.8 Å². The maximum atomic E-state index is 12.8. The van der Waals surface area contributed by atoms with E-state index in [0.29, 0.717) is 12.8 Å². The van der Waals surface area contributed by atoms with Crippen LogP contribution in [0, 0.1) is 0 Å². The molecule has 6 heteroatoms. The van der Waals surface area contributed by atoms with Crippen LogP contribution < -0.4 is 0 Å². The molecule has 0 spiro atoms. The SMILES string of the molecule is CC/C=C\C/C=C\C/C=C\C/C=C\C/C=C\C/C=C\C/C=C\CCCCCC(=O)OCC(COC(=O)CCCCCCC/C=C\CCC)OC(=O)CCCCC/C=C\C/C=C\C/C=C\CC. The van der Waals surface area contributed by atoms with Gasteiger partial charge in [0.1, 0.15) is 13.2 Å². The van der Waals surface area contributed by atoms with E-state index < -0.39 is 6.10 Å². The van der Waals surface area contributed by atoms with Crippen LogP contribution in [-0.4, -0.2) is 37.2 Å². The maximum absolute atomic E-state index is 12.8. The Labute approximate surface area is 405 Å². The molecule has 370 valence electrons. The molecule has 0 aromatic rings. The lowest BCUT2D eigenvalue weighted by molar-refractivity contribution is -0.167. The fourth-order valence-electron chi connectivity index (χ4n) is 6.50. The number of esters is 3. The van der Waals surface area contributed by atoms with Gasteiger partial charge in [0, 0.05) is 19.3 Å². The van der Waals surface area contributed by atoms with E-state index >= 15 is 0 Å². The first-order valence-corrected chi connectivity index (χ1v) is 26.2. The molecule has 0 saturated carbocycles. The van der Waals surface area contributed by atoms with E-state index in [-0.39, 0.29) is 37.5 Å². The molecular formula is C60H94O6. The van der Waals surface area contributed by atoms with Crippen LogP contribution in [0.2, 0.25) is 0 Å². The second kappa shape index (κ2) is 53.2. The molecule has 0 radical (unpaired) electrons. The zero-order chi connectivity index (χ0) is 47.9. The van der Waals surface area contributed by atoms with Gasteiger partial charge in [0.05, 0.1) is 0 Å². The highest BCUT2D eigenvalue weighted by Gasteiger charge is 2.19. The number of rotatable bonds is 45. The van der Waals surface area contributed by atoms with Gasteiger partial charge in [-0.2, -0.15) is 0 Å². The van der Waals surface area contributed by atoms with E-state index in [0.717, 1.165) is 154 Å². The molecule has 0 aromatic carbocycles. The molecule has 0 aliphatic carbocycles. The molecule has 0 amide bonds. The van der Waals surface area contributed by atoms with Gasteiger partial charge in [0.15, 0.2) is 6.10 Å². The van der Waals surface area contributed by atoms with Crippen molar-refractivity contribution in [1.29, 1.82) is 0 Å². The third-order valence-corrected chi connectivity index (χ3v) is 10.4. The monoisotopic (exact) mass is 911 g/mol. The molecule has 0 aromatic heterocycles. The van der Waals surface area contributed by atoms with Crippen LogP contribution in [0.4, 0.5) is 0 Å². The van der Waals surface area contributed by atoms with E-state index in [9.17, 15) is 14.4 Å². The Morgan fingerprint density at radius 3 is 0.955 bits per heavy atom. The summed E-state index contributed by atoms with van der Waals surface area (Å²) in [5.74, 6) is -0.996. The molecule has 0 fully saturated rings. The Hall–Kier alpha value is -4.45. The molecule has 0 rings (SSSR count). The summed E-state index contributed by atoms with van der Waals surface area (Å²) in [6, 6.07) is 0. The summed E-state index contributed by atoms with van der Waals surface area (Å²) in [6.07, 6.45) is 74.5. The zero-order valence-electron chi connectivity index (χ0n) is 42.1. The largest absolute Gasteiger partial charge is 0.462 e. The Morgan fingerprint density at radius 2 is 0.591 bits per heavy atom. The van der Waals surface area contributed by atoms with Crippen LogP contribution in [0.1, 0.15) is 207 Å². The van der Waals surface area contributed by atoms with Gasteiger partial charge < -0.3 is 14.2 Å². The molecule has 0 bridgehead atoms. The molecule has 1 unspecified atom stereocenters.